The molecule has 0 saturated carbocycles. The molecular formula is C42H84N2. The third-order valence-electron chi connectivity index (χ3n) is 10.3. The Hall–Kier alpha value is -0.660. The summed E-state index contributed by atoms with van der Waals surface area (Å²) >= 11 is 0. The smallest absolute Gasteiger partial charge is 0.101 e. The van der Waals surface area contributed by atoms with Crippen LogP contribution in [0.15, 0.2) is 12.4 Å². The molecule has 0 spiro atoms. The van der Waals surface area contributed by atoms with Crippen LogP contribution in [0.1, 0.15) is 239 Å². The van der Waals surface area contributed by atoms with Crippen LogP contribution >= 0.6 is 0 Å². The fraction of sp³-hybridized carbons (Fsp3) is 0.952. The first-order chi connectivity index (χ1) is 21.8. The molecule has 0 amide bonds. The Morgan fingerprint density at radius 1 is 0.295 bits per heavy atom. The average Bonchev–Trinajstić information content (AvgIpc) is 3.42. The number of nitrogens with zero attached hydrogens (tertiary/aromatic N) is 2. The summed E-state index contributed by atoms with van der Waals surface area (Å²) < 4.78 is 0. The summed E-state index contributed by atoms with van der Waals surface area (Å²) in [5.74, 6) is 0. The van der Waals surface area contributed by atoms with Crippen molar-refractivity contribution in [1.29, 1.82) is 0 Å². The quantitative estimate of drug-likeness (QED) is 0.0646. The van der Waals surface area contributed by atoms with E-state index in [4.69, 9.17) is 0 Å². The van der Waals surface area contributed by atoms with E-state index in [1.54, 1.807) is 0 Å². The summed E-state index contributed by atoms with van der Waals surface area (Å²) in [4.78, 5) is 5.42. The molecule has 0 N–H and O–H groups in total. The van der Waals surface area contributed by atoms with E-state index in [0.717, 1.165) is 0 Å². The highest BCUT2D eigenvalue weighted by Crippen LogP contribution is 2.24. The van der Waals surface area contributed by atoms with Gasteiger partial charge in [-0.15, -0.1) is 0 Å². The molecule has 0 bridgehead atoms. The number of rotatable bonds is 36. The summed E-state index contributed by atoms with van der Waals surface area (Å²) in [6.45, 7) is 9.49. The normalized spacial score (nSPS) is 13.6. The molecule has 1 rings (SSSR count). The Labute approximate surface area is 280 Å². The van der Waals surface area contributed by atoms with E-state index in [0.29, 0.717) is 6.17 Å². The molecule has 1 heterocycles. The third-order valence-corrected chi connectivity index (χ3v) is 10.3. The molecule has 1 aliphatic heterocycles. The molecule has 0 aromatic rings. The zero-order valence-corrected chi connectivity index (χ0v) is 31.1. The predicted octanol–water partition coefficient (Wildman–Crippen LogP) is 14.7. The van der Waals surface area contributed by atoms with Gasteiger partial charge in [0.25, 0.3) is 0 Å². The molecule has 0 fully saturated rings. The van der Waals surface area contributed by atoms with E-state index >= 15 is 0 Å². The van der Waals surface area contributed by atoms with Crippen LogP contribution in [0.5, 0.6) is 0 Å². The van der Waals surface area contributed by atoms with Gasteiger partial charge in [-0.1, -0.05) is 213 Å². The molecular weight excluding hydrogens is 532 g/mol. The zero-order chi connectivity index (χ0) is 31.6. The molecule has 1 aliphatic rings. The molecule has 0 unspecified atom stereocenters. The molecule has 262 valence electrons. The second kappa shape index (κ2) is 33.7. The molecule has 0 atom stereocenters. The van der Waals surface area contributed by atoms with E-state index < -0.39 is 0 Å². The third kappa shape index (κ3) is 25.5. The molecule has 0 saturated heterocycles. The highest BCUT2D eigenvalue weighted by Gasteiger charge is 2.24. The van der Waals surface area contributed by atoms with Crippen molar-refractivity contribution in [2.75, 3.05) is 13.1 Å². The Morgan fingerprint density at radius 2 is 0.523 bits per heavy atom. The first-order valence-electron chi connectivity index (χ1n) is 21.0. The first kappa shape index (κ1) is 41.4. The van der Waals surface area contributed by atoms with Gasteiger partial charge in [0.05, 0.1) is 0 Å². The fourth-order valence-corrected chi connectivity index (χ4v) is 7.25. The van der Waals surface area contributed by atoms with E-state index in [2.05, 4.69) is 43.0 Å². The molecule has 2 heteroatoms. The Bertz CT molecular complexity index is 530. The summed E-state index contributed by atoms with van der Waals surface area (Å²) in [6, 6.07) is 0. The molecule has 0 aromatic heterocycles. The van der Waals surface area contributed by atoms with Crippen LogP contribution in [0, 0.1) is 0 Å². The summed E-state index contributed by atoms with van der Waals surface area (Å²) in [7, 11) is 0. The van der Waals surface area contributed by atoms with Crippen molar-refractivity contribution < 1.29 is 0 Å². The Balaban J connectivity index is 2.10. The monoisotopic (exact) mass is 617 g/mol. The van der Waals surface area contributed by atoms with Gasteiger partial charge in [-0.3, -0.25) is 0 Å². The minimum Gasteiger partial charge on any atom is -0.356 e. The van der Waals surface area contributed by atoms with Crippen molar-refractivity contribution in [1.82, 2.24) is 9.80 Å². The van der Waals surface area contributed by atoms with Gasteiger partial charge < -0.3 is 9.80 Å². The van der Waals surface area contributed by atoms with E-state index in [1.165, 1.54) is 231 Å². The van der Waals surface area contributed by atoms with Crippen LogP contribution in [0.3, 0.4) is 0 Å². The van der Waals surface area contributed by atoms with Crippen LogP contribution in [0.4, 0.5) is 0 Å². The topological polar surface area (TPSA) is 6.48 Å². The largest absolute Gasteiger partial charge is 0.356 e. The van der Waals surface area contributed by atoms with Gasteiger partial charge >= 0.3 is 0 Å². The van der Waals surface area contributed by atoms with Crippen LogP contribution < -0.4 is 0 Å². The summed E-state index contributed by atoms with van der Waals surface area (Å²) in [5.41, 5.74) is 0. The maximum absolute atomic E-state index is 2.71. The van der Waals surface area contributed by atoms with Crippen molar-refractivity contribution in [3.63, 3.8) is 0 Å². The van der Waals surface area contributed by atoms with E-state index in [-0.39, 0.29) is 0 Å². The second-order valence-electron chi connectivity index (χ2n) is 14.6. The fourth-order valence-electron chi connectivity index (χ4n) is 7.25. The summed E-state index contributed by atoms with van der Waals surface area (Å²) in [6.07, 6.45) is 54.4. The SMILES string of the molecule is CCCCCCCCCCCCCCCCN1C=CN(CCCCCCCCCCCCCCCC)C1CCCCCCC. The van der Waals surface area contributed by atoms with Gasteiger partial charge in [0, 0.05) is 25.5 Å². The highest BCUT2D eigenvalue weighted by atomic mass is 15.4. The van der Waals surface area contributed by atoms with Crippen molar-refractivity contribution in [3.05, 3.63) is 12.4 Å². The standard InChI is InChI=1S/C42H84N2/c1-4-7-10-13-15-17-19-21-23-25-27-29-32-35-38-43-40-41-44(42(43)37-34-31-12-9-6-3)39-36-33-30-28-26-24-22-20-18-16-14-11-8-5-2/h40-42H,4-39H2,1-3H3. The van der Waals surface area contributed by atoms with Crippen molar-refractivity contribution in [2.24, 2.45) is 0 Å². The van der Waals surface area contributed by atoms with Gasteiger partial charge in [-0.2, -0.15) is 0 Å². The van der Waals surface area contributed by atoms with Crippen LogP contribution in [0.25, 0.3) is 0 Å². The molecule has 2 nitrogen and oxygen atoms in total. The minimum atomic E-state index is 0.639. The molecule has 0 aromatic carbocycles. The molecule has 0 aliphatic carbocycles. The van der Waals surface area contributed by atoms with Crippen LogP contribution in [0.2, 0.25) is 0 Å². The van der Waals surface area contributed by atoms with E-state index in [9.17, 15) is 0 Å². The lowest BCUT2D eigenvalue weighted by atomic mass is 10.0. The van der Waals surface area contributed by atoms with Gasteiger partial charge in [0.15, 0.2) is 0 Å². The van der Waals surface area contributed by atoms with Gasteiger partial charge in [-0.05, 0) is 25.7 Å². The van der Waals surface area contributed by atoms with Crippen molar-refractivity contribution in [3.8, 4) is 0 Å². The lowest BCUT2D eigenvalue weighted by Gasteiger charge is -2.33. The van der Waals surface area contributed by atoms with Gasteiger partial charge in [-0.25, -0.2) is 0 Å². The molecule has 44 heavy (non-hydrogen) atoms. The van der Waals surface area contributed by atoms with Crippen molar-refractivity contribution in [2.45, 2.75) is 245 Å². The van der Waals surface area contributed by atoms with Crippen LogP contribution in [-0.4, -0.2) is 29.1 Å². The Morgan fingerprint density at radius 3 is 0.795 bits per heavy atom. The average molecular weight is 617 g/mol. The Kier molecular flexibility index (Phi) is 31.7. The van der Waals surface area contributed by atoms with Crippen molar-refractivity contribution >= 4 is 0 Å². The second-order valence-corrected chi connectivity index (χ2v) is 14.6. The number of hydrogen-bond acceptors (Lipinski definition) is 2. The van der Waals surface area contributed by atoms with Gasteiger partial charge in [0.1, 0.15) is 6.17 Å². The highest BCUT2D eigenvalue weighted by molar-refractivity contribution is 4.97. The maximum atomic E-state index is 2.71. The number of unbranched alkanes of at least 4 members (excludes halogenated alkanes) is 30. The summed E-state index contributed by atoms with van der Waals surface area (Å²) in [5, 5.41) is 0. The van der Waals surface area contributed by atoms with Crippen LogP contribution in [-0.2, 0) is 0 Å². The molecule has 0 radical (unpaired) electrons. The maximum Gasteiger partial charge on any atom is 0.101 e. The lowest BCUT2D eigenvalue weighted by Crippen LogP contribution is -2.39. The first-order valence-corrected chi connectivity index (χ1v) is 21.0. The number of hydrogen-bond donors (Lipinski definition) is 0. The van der Waals surface area contributed by atoms with Gasteiger partial charge in [0.2, 0.25) is 0 Å². The predicted molar refractivity (Wildman–Crippen MR) is 200 cm³/mol. The zero-order valence-electron chi connectivity index (χ0n) is 31.1. The van der Waals surface area contributed by atoms with E-state index in [1.807, 2.05) is 0 Å². The lowest BCUT2D eigenvalue weighted by molar-refractivity contribution is 0.135. The minimum absolute atomic E-state index is 0.639.